The van der Waals surface area contributed by atoms with Crippen molar-refractivity contribution in [1.29, 1.82) is 0 Å². The summed E-state index contributed by atoms with van der Waals surface area (Å²) in [7, 11) is 3.69. The number of hydrogen-bond acceptors (Lipinski definition) is 4. The second-order valence-electron chi connectivity index (χ2n) is 5.74. The maximum absolute atomic E-state index is 12.7. The van der Waals surface area contributed by atoms with Crippen LogP contribution in [0.1, 0.15) is 22.1 Å². The fourth-order valence-corrected chi connectivity index (χ4v) is 2.91. The molecule has 0 spiro atoms. The number of nitrogens with zero attached hydrogens (tertiary/aromatic N) is 3. The van der Waals surface area contributed by atoms with Gasteiger partial charge < -0.3 is 9.64 Å². The lowest BCUT2D eigenvalue weighted by molar-refractivity contribution is 0.0540. The molecular formula is C18H21N3O2. The van der Waals surface area contributed by atoms with Crippen LogP contribution in [0.3, 0.4) is 0 Å². The summed E-state index contributed by atoms with van der Waals surface area (Å²) in [5.74, 6) is 0.606. The number of carbonyl (C=O) groups excluding carboxylic acids is 1. The zero-order chi connectivity index (χ0) is 16.2. The Labute approximate surface area is 136 Å². The normalized spacial score (nSPS) is 18.7. The van der Waals surface area contributed by atoms with Gasteiger partial charge in [0.05, 0.1) is 13.2 Å². The highest BCUT2D eigenvalue weighted by molar-refractivity contribution is 5.92. The molecule has 1 aromatic heterocycles. The average molecular weight is 311 g/mol. The van der Waals surface area contributed by atoms with Gasteiger partial charge in [0.15, 0.2) is 0 Å². The summed E-state index contributed by atoms with van der Waals surface area (Å²) in [6, 6.07) is 13.9. The first kappa shape index (κ1) is 15.5. The zero-order valence-corrected chi connectivity index (χ0v) is 13.5. The van der Waals surface area contributed by atoms with Crippen LogP contribution in [-0.4, -0.2) is 54.5 Å². The quantitative estimate of drug-likeness (QED) is 0.872. The van der Waals surface area contributed by atoms with Crippen molar-refractivity contribution in [3.8, 4) is 5.75 Å². The predicted molar refractivity (Wildman–Crippen MR) is 88.5 cm³/mol. The maximum atomic E-state index is 12.7. The monoisotopic (exact) mass is 311 g/mol. The molecular weight excluding hydrogens is 290 g/mol. The standard InChI is InChI=1S/C18H21N3O2/c1-20-10-11-21(13-17(20)14-6-4-3-5-7-14)18(22)16-12-15(23-2)8-9-19-16/h3-9,12,17H,10-11,13H2,1-2H3/t17-/m0/s1. The minimum absolute atomic E-state index is 0.0436. The van der Waals surface area contributed by atoms with Crippen molar-refractivity contribution in [2.24, 2.45) is 0 Å². The van der Waals surface area contributed by atoms with Gasteiger partial charge in [0.25, 0.3) is 5.91 Å². The van der Waals surface area contributed by atoms with E-state index in [0.29, 0.717) is 24.5 Å². The summed E-state index contributed by atoms with van der Waals surface area (Å²) < 4.78 is 5.18. The van der Waals surface area contributed by atoms with Crippen molar-refractivity contribution < 1.29 is 9.53 Å². The van der Waals surface area contributed by atoms with Crippen molar-refractivity contribution in [3.63, 3.8) is 0 Å². The molecule has 2 heterocycles. The average Bonchev–Trinajstić information content (AvgIpc) is 2.62. The lowest BCUT2D eigenvalue weighted by Crippen LogP contribution is -2.49. The molecule has 0 radical (unpaired) electrons. The molecule has 1 amide bonds. The first-order valence-electron chi connectivity index (χ1n) is 7.73. The van der Waals surface area contributed by atoms with E-state index in [1.165, 1.54) is 5.56 Å². The van der Waals surface area contributed by atoms with Crippen molar-refractivity contribution in [3.05, 3.63) is 59.9 Å². The van der Waals surface area contributed by atoms with Crippen LogP contribution in [0.25, 0.3) is 0 Å². The summed E-state index contributed by atoms with van der Waals surface area (Å²) in [4.78, 5) is 21.1. The second-order valence-corrected chi connectivity index (χ2v) is 5.74. The molecule has 0 bridgehead atoms. The maximum Gasteiger partial charge on any atom is 0.272 e. The summed E-state index contributed by atoms with van der Waals surface area (Å²) in [5, 5.41) is 0. The summed E-state index contributed by atoms with van der Waals surface area (Å²) >= 11 is 0. The Balaban J connectivity index is 1.79. The van der Waals surface area contributed by atoms with Crippen LogP contribution in [0.2, 0.25) is 0 Å². The van der Waals surface area contributed by atoms with Gasteiger partial charge in [-0.15, -0.1) is 0 Å². The molecule has 1 atom stereocenters. The van der Waals surface area contributed by atoms with Gasteiger partial charge in [-0.3, -0.25) is 14.7 Å². The van der Waals surface area contributed by atoms with E-state index < -0.39 is 0 Å². The minimum atomic E-state index is -0.0436. The third kappa shape index (κ3) is 3.35. The second kappa shape index (κ2) is 6.79. The largest absolute Gasteiger partial charge is 0.497 e. The number of amides is 1. The molecule has 0 N–H and O–H groups in total. The molecule has 3 rings (SSSR count). The molecule has 23 heavy (non-hydrogen) atoms. The Morgan fingerprint density at radius 2 is 2.00 bits per heavy atom. The smallest absolute Gasteiger partial charge is 0.272 e. The number of ether oxygens (including phenoxy) is 1. The molecule has 1 aliphatic heterocycles. The third-order valence-electron chi connectivity index (χ3n) is 4.31. The number of carbonyl (C=O) groups is 1. The molecule has 0 unspecified atom stereocenters. The van der Waals surface area contributed by atoms with E-state index in [4.69, 9.17) is 4.74 Å². The van der Waals surface area contributed by atoms with E-state index in [9.17, 15) is 4.79 Å². The SMILES string of the molecule is COc1ccnc(C(=O)N2CCN(C)[C@H](c3ccccc3)C2)c1. The molecule has 1 saturated heterocycles. The number of rotatable bonds is 3. The molecule has 0 aliphatic carbocycles. The van der Waals surface area contributed by atoms with Crippen LogP contribution >= 0.6 is 0 Å². The van der Waals surface area contributed by atoms with Crippen molar-refractivity contribution in [1.82, 2.24) is 14.8 Å². The topological polar surface area (TPSA) is 45.7 Å². The Hall–Kier alpha value is -2.40. The van der Waals surface area contributed by atoms with E-state index in [1.807, 2.05) is 23.1 Å². The molecule has 1 aliphatic rings. The van der Waals surface area contributed by atoms with Gasteiger partial charge in [-0.2, -0.15) is 0 Å². The van der Waals surface area contributed by atoms with Crippen molar-refractivity contribution in [2.75, 3.05) is 33.8 Å². The number of hydrogen-bond donors (Lipinski definition) is 0. The van der Waals surface area contributed by atoms with E-state index in [1.54, 1.807) is 25.4 Å². The Kier molecular flexibility index (Phi) is 4.57. The van der Waals surface area contributed by atoms with Crippen LogP contribution in [0.4, 0.5) is 0 Å². The van der Waals surface area contributed by atoms with E-state index in [2.05, 4.69) is 29.1 Å². The zero-order valence-electron chi connectivity index (χ0n) is 13.5. The Morgan fingerprint density at radius 3 is 2.74 bits per heavy atom. The molecule has 2 aromatic rings. The minimum Gasteiger partial charge on any atom is -0.497 e. The van der Waals surface area contributed by atoms with Gasteiger partial charge in [0, 0.05) is 31.9 Å². The predicted octanol–water partition coefficient (Wildman–Crippen LogP) is 2.22. The van der Waals surface area contributed by atoms with E-state index >= 15 is 0 Å². The molecule has 5 nitrogen and oxygen atoms in total. The summed E-state index contributed by atoms with van der Waals surface area (Å²) in [5.41, 5.74) is 1.66. The molecule has 120 valence electrons. The lowest BCUT2D eigenvalue weighted by Gasteiger charge is -2.39. The van der Waals surface area contributed by atoms with Crippen LogP contribution in [0, 0.1) is 0 Å². The Bertz CT molecular complexity index is 675. The van der Waals surface area contributed by atoms with Gasteiger partial charge in [-0.05, 0) is 18.7 Å². The fourth-order valence-electron chi connectivity index (χ4n) is 2.91. The molecule has 1 aromatic carbocycles. The molecule has 5 heteroatoms. The van der Waals surface area contributed by atoms with Gasteiger partial charge in [-0.25, -0.2) is 0 Å². The fraction of sp³-hybridized carbons (Fsp3) is 0.333. The van der Waals surface area contributed by atoms with Gasteiger partial charge in [0.1, 0.15) is 11.4 Å². The van der Waals surface area contributed by atoms with Crippen molar-refractivity contribution >= 4 is 5.91 Å². The molecule has 0 saturated carbocycles. The number of methoxy groups -OCH3 is 1. The van der Waals surface area contributed by atoms with Crippen molar-refractivity contribution in [2.45, 2.75) is 6.04 Å². The highest BCUT2D eigenvalue weighted by atomic mass is 16.5. The van der Waals surface area contributed by atoms with E-state index in [-0.39, 0.29) is 11.9 Å². The first-order chi connectivity index (χ1) is 11.2. The number of aromatic nitrogens is 1. The highest BCUT2D eigenvalue weighted by Crippen LogP contribution is 2.25. The number of likely N-dealkylation sites (N-methyl/N-ethyl adjacent to an activating group) is 1. The number of pyridine rings is 1. The van der Waals surface area contributed by atoms with Crippen LogP contribution in [-0.2, 0) is 0 Å². The Morgan fingerprint density at radius 1 is 1.22 bits per heavy atom. The van der Waals surface area contributed by atoms with Gasteiger partial charge in [0.2, 0.25) is 0 Å². The van der Waals surface area contributed by atoms with E-state index in [0.717, 1.165) is 6.54 Å². The first-order valence-corrected chi connectivity index (χ1v) is 7.73. The summed E-state index contributed by atoms with van der Waals surface area (Å²) in [6.07, 6.45) is 1.61. The van der Waals surface area contributed by atoms with Crippen LogP contribution < -0.4 is 4.74 Å². The van der Waals surface area contributed by atoms with Crippen LogP contribution in [0.15, 0.2) is 48.7 Å². The van der Waals surface area contributed by atoms with Gasteiger partial charge >= 0.3 is 0 Å². The number of benzene rings is 1. The highest BCUT2D eigenvalue weighted by Gasteiger charge is 2.29. The number of piperazine rings is 1. The molecule has 1 fully saturated rings. The van der Waals surface area contributed by atoms with Crippen LogP contribution in [0.5, 0.6) is 5.75 Å². The lowest BCUT2D eigenvalue weighted by atomic mass is 10.0. The summed E-state index contributed by atoms with van der Waals surface area (Å²) in [6.45, 7) is 2.21. The third-order valence-corrected chi connectivity index (χ3v) is 4.31. The van der Waals surface area contributed by atoms with Gasteiger partial charge in [-0.1, -0.05) is 30.3 Å².